The van der Waals surface area contributed by atoms with Crippen molar-refractivity contribution in [2.24, 2.45) is 0 Å². The molecule has 0 bridgehead atoms. The summed E-state index contributed by atoms with van der Waals surface area (Å²) in [6.07, 6.45) is 6.97. The van der Waals surface area contributed by atoms with Gasteiger partial charge < -0.3 is 19.7 Å². The number of nitrogen functional groups attached to an aromatic ring is 2. The lowest BCUT2D eigenvalue weighted by molar-refractivity contribution is -0.639. The molecule has 0 aliphatic rings. The number of rotatable bonds is 6. The molecule has 0 radical (unpaired) electrons. The number of nitrogens with one attached hydrogen (secondary N) is 2. The Morgan fingerprint density at radius 3 is 1.57 bits per heavy atom. The molecular weight excluding hydrogens is 392 g/mol. The van der Waals surface area contributed by atoms with Crippen molar-refractivity contribution in [3.05, 3.63) is 60.2 Å². The van der Waals surface area contributed by atoms with Gasteiger partial charge in [-0.2, -0.15) is 0 Å². The monoisotopic (exact) mass is 412 g/mol. The third-order valence-corrected chi connectivity index (χ3v) is 3.09. The molecule has 2 heterocycles. The predicted octanol–water partition coefficient (Wildman–Crippen LogP) is -3.10. The highest BCUT2D eigenvalue weighted by Crippen LogP contribution is 1.94. The van der Waals surface area contributed by atoms with Crippen LogP contribution in [0, 0.1) is 0 Å². The zero-order valence-corrected chi connectivity index (χ0v) is 15.5. The van der Waals surface area contributed by atoms with Gasteiger partial charge in [0.15, 0.2) is 12.4 Å². The van der Waals surface area contributed by atoms with Crippen LogP contribution in [0.15, 0.2) is 49.1 Å². The summed E-state index contributed by atoms with van der Waals surface area (Å²) in [5.74, 6) is 10.7. The Morgan fingerprint density at radius 2 is 1.25 bits per heavy atom. The lowest BCUT2D eigenvalue weighted by Gasteiger charge is -2.06. The van der Waals surface area contributed by atoms with E-state index in [4.69, 9.17) is 29.2 Å². The van der Waals surface area contributed by atoms with Gasteiger partial charge in [-0.1, -0.05) is 9.35 Å². The van der Waals surface area contributed by atoms with Crippen LogP contribution in [0.1, 0.15) is 27.1 Å². The molecule has 0 saturated carbocycles. The third kappa shape index (κ3) is 10.0. The molecule has 2 aromatic rings. The number of hydrogen-bond acceptors (Lipinski definition) is 8. The summed E-state index contributed by atoms with van der Waals surface area (Å²) < 4.78 is 36.7. The highest BCUT2D eigenvalue weighted by molar-refractivity contribution is 7.79. The summed E-state index contributed by atoms with van der Waals surface area (Å²) >= 11 is 0. The van der Waals surface area contributed by atoms with Crippen molar-refractivity contribution < 1.29 is 36.5 Å². The van der Waals surface area contributed by atoms with E-state index in [2.05, 4.69) is 10.6 Å². The van der Waals surface area contributed by atoms with Gasteiger partial charge >= 0.3 is 0 Å². The highest BCUT2D eigenvalue weighted by atomic mass is 32.3. The maximum absolute atomic E-state index is 11.9. The first-order valence-electron chi connectivity index (χ1n) is 7.82. The highest BCUT2D eigenvalue weighted by Gasteiger charge is 2.10. The Balaban J connectivity index is 0.000000696. The molecule has 2 aromatic heterocycles. The van der Waals surface area contributed by atoms with E-state index in [-0.39, 0.29) is 11.8 Å². The predicted molar refractivity (Wildman–Crippen MR) is 93.3 cm³/mol. The van der Waals surface area contributed by atoms with Crippen LogP contribution in [0.3, 0.4) is 0 Å². The molecule has 0 aromatic carbocycles. The van der Waals surface area contributed by atoms with Crippen molar-refractivity contribution in [1.29, 1.82) is 0 Å². The van der Waals surface area contributed by atoms with Crippen molar-refractivity contribution in [1.82, 2.24) is 10.6 Å². The molecule has 0 fully saturated rings. The van der Waals surface area contributed by atoms with Crippen LogP contribution >= 0.6 is 0 Å². The number of pyridine rings is 2. The molecular formula is C15H20N6O6S. The fourth-order valence-corrected chi connectivity index (χ4v) is 1.95. The second kappa shape index (κ2) is 10.8. The summed E-state index contributed by atoms with van der Waals surface area (Å²) in [7, 11) is -5.17. The largest absolute Gasteiger partial charge is 0.759 e. The van der Waals surface area contributed by atoms with Crippen molar-refractivity contribution >= 4 is 22.2 Å². The molecule has 0 aliphatic heterocycles. The number of hydrogen-bond donors (Lipinski definition) is 4. The van der Waals surface area contributed by atoms with Crippen LogP contribution in [-0.2, 0) is 10.4 Å². The molecule has 0 aliphatic carbocycles. The van der Waals surface area contributed by atoms with E-state index < -0.39 is 10.4 Å². The summed E-state index contributed by atoms with van der Waals surface area (Å²) in [6.45, 7) is 0.897. The minimum Gasteiger partial charge on any atom is -0.759 e. The number of carbonyl (C=O) groups is 2. The normalized spacial score (nSPS) is 10.4. The van der Waals surface area contributed by atoms with Crippen molar-refractivity contribution in [2.75, 3.05) is 24.8 Å². The van der Waals surface area contributed by atoms with E-state index in [1.165, 1.54) is 21.7 Å². The average molecular weight is 412 g/mol. The first kappa shape index (κ1) is 22.8. The van der Waals surface area contributed by atoms with Crippen LogP contribution in [0.4, 0.5) is 0 Å². The zero-order valence-electron chi connectivity index (χ0n) is 14.6. The van der Waals surface area contributed by atoms with Crippen molar-refractivity contribution in [3.8, 4) is 0 Å². The summed E-state index contributed by atoms with van der Waals surface area (Å²) in [5, 5.41) is 5.53. The van der Waals surface area contributed by atoms with Crippen LogP contribution < -0.4 is 31.7 Å². The molecule has 152 valence electrons. The van der Waals surface area contributed by atoms with Gasteiger partial charge in [0.1, 0.15) is 11.1 Å². The number of nitrogens with zero attached hydrogens (tertiary/aromatic N) is 2. The van der Waals surface area contributed by atoms with Gasteiger partial charge in [0.25, 0.3) is 11.8 Å². The van der Waals surface area contributed by atoms with Gasteiger partial charge in [0, 0.05) is 35.6 Å². The Bertz CT molecular complexity index is 853. The maximum atomic E-state index is 11.9. The molecule has 13 heteroatoms. The van der Waals surface area contributed by atoms with E-state index in [0.29, 0.717) is 30.6 Å². The van der Waals surface area contributed by atoms with Gasteiger partial charge in [-0.05, 0) is 18.6 Å². The first-order valence-corrected chi connectivity index (χ1v) is 9.15. The number of nitrogens with two attached hydrogens (primary N) is 2. The van der Waals surface area contributed by atoms with E-state index in [1.807, 2.05) is 0 Å². The van der Waals surface area contributed by atoms with Gasteiger partial charge in [-0.15, -0.1) is 0 Å². The fourth-order valence-electron chi connectivity index (χ4n) is 1.95. The van der Waals surface area contributed by atoms with E-state index in [9.17, 15) is 9.59 Å². The lowest BCUT2D eigenvalue weighted by atomic mass is 10.2. The maximum Gasteiger partial charge on any atom is 0.257 e. The second-order valence-electron chi connectivity index (χ2n) is 5.35. The Hall–Kier alpha value is -3.29. The van der Waals surface area contributed by atoms with E-state index in [0.717, 1.165) is 0 Å². The molecule has 12 nitrogen and oxygen atoms in total. The molecule has 2 rings (SSSR count). The SMILES string of the molecule is N[n+]1cccc(C(=O)NCCCNC(=O)c2ccc[n+](N)c2)c1.O=S(=O)([O-])[O-]. The second-order valence-corrected chi connectivity index (χ2v) is 6.17. The van der Waals surface area contributed by atoms with Crippen molar-refractivity contribution in [2.45, 2.75) is 6.42 Å². The molecule has 0 saturated heterocycles. The van der Waals surface area contributed by atoms with Crippen LogP contribution in [0.2, 0.25) is 0 Å². The summed E-state index contributed by atoms with van der Waals surface area (Å²) in [4.78, 5) is 23.7. The van der Waals surface area contributed by atoms with E-state index >= 15 is 0 Å². The Labute approximate surface area is 161 Å². The minimum atomic E-state index is -5.17. The van der Waals surface area contributed by atoms with Gasteiger partial charge in [0.2, 0.25) is 12.4 Å². The quantitative estimate of drug-likeness (QED) is 0.126. The standard InChI is InChI=1S/C15H18N6O2.H2O4S/c16-20-8-1-4-12(10-20)14(22)18-6-3-7-19-15(23)13-5-2-9-21(17)11-13;1-5(2,3)4/h1-2,4-5,8-11H,3,6-7,16-17H2;(H2,1,2,3,4). The Morgan fingerprint density at radius 1 is 0.893 bits per heavy atom. The van der Waals surface area contributed by atoms with Gasteiger partial charge in [-0.25, -0.2) is 11.7 Å². The molecule has 2 amide bonds. The smallest absolute Gasteiger partial charge is 0.257 e. The number of amides is 2. The Kier molecular flexibility index (Phi) is 8.74. The van der Waals surface area contributed by atoms with Crippen LogP contribution in [-0.4, -0.2) is 42.4 Å². The fraction of sp³-hybridized carbons (Fsp3) is 0.200. The number of carbonyl (C=O) groups excluding carboxylic acids is 2. The topological polar surface area (TPSA) is 198 Å². The zero-order chi connectivity index (χ0) is 21.2. The molecule has 0 unspecified atom stereocenters. The van der Waals surface area contributed by atoms with Gasteiger partial charge in [-0.3, -0.25) is 18.0 Å². The molecule has 6 N–H and O–H groups in total. The molecule has 0 atom stereocenters. The summed E-state index contributed by atoms with van der Waals surface area (Å²) in [6, 6.07) is 6.74. The van der Waals surface area contributed by atoms with Crippen molar-refractivity contribution in [3.63, 3.8) is 0 Å². The molecule has 28 heavy (non-hydrogen) atoms. The van der Waals surface area contributed by atoms with E-state index in [1.54, 1.807) is 36.7 Å². The van der Waals surface area contributed by atoms with Crippen LogP contribution in [0.5, 0.6) is 0 Å². The lowest BCUT2D eigenvalue weighted by Crippen LogP contribution is -2.44. The average Bonchev–Trinajstić information content (AvgIpc) is 2.59. The summed E-state index contributed by atoms with van der Waals surface area (Å²) in [5.41, 5.74) is 0.964. The minimum absolute atomic E-state index is 0.205. The first-order chi connectivity index (χ1) is 13.1. The third-order valence-electron chi connectivity index (χ3n) is 3.09. The molecule has 0 spiro atoms. The van der Waals surface area contributed by atoms with Crippen LogP contribution in [0.25, 0.3) is 0 Å². The number of aromatic nitrogens is 2. The van der Waals surface area contributed by atoms with Gasteiger partial charge in [0.05, 0.1) is 0 Å².